The van der Waals surface area contributed by atoms with E-state index in [-0.39, 0.29) is 16.4 Å². The predicted octanol–water partition coefficient (Wildman–Crippen LogP) is 4.17. The molecule has 1 aromatic carbocycles. The van der Waals surface area contributed by atoms with E-state index in [9.17, 15) is 14.7 Å². The Balaban J connectivity index is 1.45. The maximum atomic E-state index is 12.6. The van der Waals surface area contributed by atoms with Crippen molar-refractivity contribution >= 4 is 12.0 Å². The lowest BCUT2D eigenvalue weighted by Crippen LogP contribution is -2.58. The first-order valence-electron chi connectivity index (χ1n) is 9.25. The Morgan fingerprint density at radius 2 is 1.83 bits per heavy atom. The van der Waals surface area contributed by atoms with Crippen LogP contribution >= 0.6 is 0 Å². The van der Waals surface area contributed by atoms with Gasteiger partial charge in [0.25, 0.3) is 0 Å². The van der Waals surface area contributed by atoms with E-state index in [1.165, 1.54) is 11.1 Å². The Hall–Kier alpha value is -1.68. The summed E-state index contributed by atoms with van der Waals surface area (Å²) < 4.78 is -0.338. The average molecular weight is 330 g/mol. The fourth-order valence-corrected chi connectivity index (χ4v) is 4.60. The fraction of sp³-hybridized carbons (Fsp3) is 0.600. The molecule has 0 bridgehead atoms. The van der Waals surface area contributed by atoms with Gasteiger partial charge in [-0.05, 0) is 49.7 Å². The number of amides is 2. The highest BCUT2D eigenvalue weighted by atomic mass is 16.4. The van der Waals surface area contributed by atoms with Crippen LogP contribution in [0.15, 0.2) is 24.3 Å². The van der Waals surface area contributed by atoms with Crippen LogP contribution in [0.4, 0.5) is 4.79 Å². The molecule has 1 N–H and O–H groups in total. The molecule has 1 aromatic rings. The van der Waals surface area contributed by atoms with E-state index >= 15 is 0 Å². The largest absolute Gasteiger partial charge is 0.521 e. The normalized spacial score (nSPS) is 26.5. The molecule has 1 heterocycles. The van der Waals surface area contributed by atoms with Crippen molar-refractivity contribution in [3.8, 4) is 0 Å². The molecule has 0 radical (unpaired) electrons. The lowest BCUT2D eigenvalue weighted by atomic mass is 9.98. The molecule has 1 saturated heterocycles. The second kappa shape index (κ2) is 7.06. The van der Waals surface area contributed by atoms with Crippen LogP contribution in [-0.4, -0.2) is 34.2 Å². The minimum Gasteiger partial charge on any atom is -0.435 e. The highest BCUT2D eigenvalue weighted by Crippen LogP contribution is 2.31. The maximum absolute atomic E-state index is 12.6. The molecule has 2 atom stereocenters. The van der Waals surface area contributed by atoms with Crippen molar-refractivity contribution in [2.75, 3.05) is 6.54 Å². The molecular formula is C20H28NO3+. The van der Waals surface area contributed by atoms with Crippen LogP contribution in [0.3, 0.4) is 0 Å². The molecule has 0 spiro atoms. The van der Waals surface area contributed by atoms with Crippen molar-refractivity contribution in [2.45, 2.75) is 64.3 Å². The Labute approximate surface area is 144 Å². The van der Waals surface area contributed by atoms with Crippen LogP contribution < -0.4 is 0 Å². The summed E-state index contributed by atoms with van der Waals surface area (Å²) in [6.07, 6.45) is 6.35. The number of hydrogen-bond acceptors (Lipinski definition) is 2. The topological polar surface area (TPSA) is 54.4 Å². The minimum absolute atomic E-state index is 0.0840. The van der Waals surface area contributed by atoms with E-state index in [1.807, 2.05) is 6.92 Å². The van der Waals surface area contributed by atoms with Crippen molar-refractivity contribution in [3.63, 3.8) is 0 Å². The van der Waals surface area contributed by atoms with Gasteiger partial charge in [0.15, 0.2) is 0 Å². The third-order valence-corrected chi connectivity index (χ3v) is 6.06. The van der Waals surface area contributed by atoms with Crippen LogP contribution in [0.25, 0.3) is 0 Å². The summed E-state index contributed by atoms with van der Waals surface area (Å²) >= 11 is 0. The third kappa shape index (κ3) is 3.12. The molecule has 2 amide bonds. The van der Waals surface area contributed by atoms with E-state index in [4.69, 9.17) is 0 Å². The molecule has 2 aliphatic rings. The maximum Gasteiger partial charge on any atom is 0.521 e. The summed E-state index contributed by atoms with van der Waals surface area (Å²) in [6.45, 7) is 2.36. The number of carbonyl (C=O) groups is 2. The minimum atomic E-state index is -0.962. The highest BCUT2D eigenvalue weighted by molar-refractivity contribution is 5.80. The lowest BCUT2D eigenvalue weighted by Gasteiger charge is -2.29. The summed E-state index contributed by atoms with van der Waals surface area (Å²) in [5, 5.41) is 9.59. The van der Waals surface area contributed by atoms with Gasteiger partial charge in [-0.15, -0.1) is 0 Å². The summed E-state index contributed by atoms with van der Waals surface area (Å²) in [5.74, 6) is 0.591. The highest BCUT2D eigenvalue weighted by Gasteiger charge is 2.52. The second-order valence-electron chi connectivity index (χ2n) is 7.55. The quantitative estimate of drug-likeness (QED) is 0.651. The van der Waals surface area contributed by atoms with Gasteiger partial charge in [-0.25, -0.2) is 4.79 Å². The number of quaternary nitrogens is 1. The fourth-order valence-electron chi connectivity index (χ4n) is 4.60. The van der Waals surface area contributed by atoms with E-state index < -0.39 is 6.09 Å². The summed E-state index contributed by atoms with van der Waals surface area (Å²) in [7, 11) is 0. The Kier molecular flexibility index (Phi) is 5.04. The van der Waals surface area contributed by atoms with E-state index in [1.54, 1.807) is 0 Å². The molecule has 4 nitrogen and oxygen atoms in total. The number of likely N-dealkylation sites (tertiary alicyclic amines) is 1. The van der Waals surface area contributed by atoms with Gasteiger partial charge in [0, 0.05) is 12.8 Å². The van der Waals surface area contributed by atoms with Crippen molar-refractivity contribution in [1.29, 1.82) is 0 Å². The van der Waals surface area contributed by atoms with Crippen LogP contribution in [0.1, 0.15) is 56.6 Å². The van der Waals surface area contributed by atoms with Crippen LogP contribution in [0.2, 0.25) is 0 Å². The Morgan fingerprint density at radius 3 is 2.38 bits per heavy atom. The van der Waals surface area contributed by atoms with Crippen LogP contribution in [-0.2, 0) is 17.6 Å². The van der Waals surface area contributed by atoms with Gasteiger partial charge < -0.3 is 5.11 Å². The predicted molar refractivity (Wildman–Crippen MR) is 92.7 cm³/mol. The van der Waals surface area contributed by atoms with Crippen molar-refractivity contribution in [2.24, 2.45) is 5.92 Å². The molecule has 0 aromatic heterocycles. The number of nitrogens with zero attached hydrogens (tertiary/aromatic N) is 1. The molecule has 4 heteroatoms. The van der Waals surface area contributed by atoms with Crippen molar-refractivity contribution < 1.29 is 19.2 Å². The zero-order valence-electron chi connectivity index (χ0n) is 14.5. The van der Waals surface area contributed by atoms with E-state index in [2.05, 4.69) is 24.3 Å². The molecule has 3 rings (SSSR count). The van der Waals surface area contributed by atoms with Gasteiger partial charge >= 0.3 is 12.0 Å². The summed E-state index contributed by atoms with van der Waals surface area (Å²) in [5.41, 5.74) is 2.94. The Morgan fingerprint density at radius 1 is 1.17 bits per heavy atom. The smallest absolute Gasteiger partial charge is 0.435 e. The number of fused-ring (bicyclic) bond motifs is 1. The van der Waals surface area contributed by atoms with E-state index in [0.717, 1.165) is 44.9 Å². The second-order valence-corrected chi connectivity index (χ2v) is 7.55. The number of carboxylic acid groups (broad SMARTS) is 1. The van der Waals surface area contributed by atoms with Crippen LogP contribution in [0.5, 0.6) is 0 Å². The van der Waals surface area contributed by atoms with Gasteiger partial charge in [-0.2, -0.15) is 9.28 Å². The van der Waals surface area contributed by atoms with Gasteiger partial charge in [0.1, 0.15) is 6.04 Å². The molecule has 1 unspecified atom stereocenters. The molecule has 24 heavy (non-hydrogen) atoms. The molecular weight excluding hydrogens is 302 g/mol. The number of unbranched alkanes of at least 4 members (excludes halogenated alkanes) is 1. The zero-order valence-corrected chi connectivity index (χ0v) is 14.5. The summed E-state index contributed by atoms with van der Waals surface area (Å²) in [4.78, 5) is 24.3. The SMILES string of the molecule is C[C@@H]1CCC[N+]1(C(=O)O)C(=O)CCCCC1Cc2ccccc2C1. The van der Waals surface area contributed by atoms with Crippen molar-refractivity contribution in [1.82, 2.24) is 0 Å². The molecule has 1 aliphatic carbocycles. The summed E-state index contributed by atoms with van der Waals surface area (Å²) in [6, 6.07) is 8.56. The first kappa shape index (κ1) is 17.2. The van der Waals surface area contributed by atoms with Gasteiger partial charge in [0.05, 0.1) is 13.0 Å². The van der Waals surface area contributed by atoms with Crippen molar-refractivity contribution in [3.05, 3.63) is 35.4 Å². The van der Waals surface area contributed by atoms with Gasteiger partial charge in [-0.3, -0.25) is 0 Å². The van der Waals surface area contributed by atoms with Gasteiger partial charge in [-0.1, -0.05) is 30.7 Å². The first-order valence-corrected chi connectivity index (χ1v) is 9.25. The molecule has 1 aliphatic heterocycles. The molecule has 130 valence electrons. The third-order valence-electron chi connectivity index (χ3n) is 6.06. The van der Waals surface area contributed by atoms with Gasteiger partial charge in [0.2, 0.25) is 0 Å². The average Bonchev–Trinajstić information content (AvgIpc) is 3.14. The molecule has 1 fully saturated rings. The first-order chi connectivity index (χ1) is 11.5. The van der Waals surface area contributed by atoms with Crippen LogP contribution in [0, 0.1) is 5.92 Å². The number of carbonyl (C=O) groups excluding carboxylic acids is 1. The van der Waals surface area contributed by atoms with E-state index in [0.29, 0.717) is 18.9 Å². The number of hydrogen-bond donors (Lipinski definition) is 1. The monoisotopic (exact) mass is 330 g/mol. The molecule has 0 saturated carbocycles. The Bertz CT molecular complexity index is 602. The standard InChI is InChI=1S/C20H27NO3/c1-15-7-6-12-21(15,20(23)24)19(22)11-5-2-8-16-13-17-9-3-4-10-18(17)14-16/h3-4,9-10,15-16H,2,5-8,11-14H2,1H3/p+1/t15-,21?/m1/s1. The number of rotatable bonds is 5. The number of imide groups is 1. The lowest BCUT2D eigenvalue weighted by molar-refractivity contribution is -0.792. The number of benzene rings is 1. The zero-order chi connectivity index (χ0) is 17.2.